The van der Waals surface area contributed by atoms with Gasteiger partial charge in [0.25, 0.3) is 5.56 Å². The molecule has 0 saturated carbocycles. The normalized spacial score (nSPS) is 12.4. The van der Waals surface area contributed by atoms with Crippen molar-refractivity contribution in [3.05, 3.63) is 75.3 Å². The van der Waals surface area contributed by atoms with E-state index in [2.05, 4.69) is 17.4 Å². The quantitative estimate of drug-likeness (QED) is 0.728. The monoisotopic (exact) mass is 355 g/mol. The average molecular weight is 356 g/mol. The number of benzene rings is 2. The third-order valence-electron chi connectivity index (χ3n) is 4.36. The number of aromatic nitrogens is 2. The number of hydrogen-bond acceptors (Lipinski definition) is 3. The fourth-order valence-corrected chi connectivity index (χ4v) is 3.18. The zero-order valence-corrected chi connectivity index (χ0v) is 15.3. The topological polar surface area (TPSA) is 46.9 Å². The van der Waals surface area contributed by atoms with E-state index in [1.807, 2.05) is 32.0 Å². The van der Waals surface area contributed by atoms with Crippen molar-refractivity contribution < 1.29 is 0 Å². The molecule has 0 radical (unpaired) electrons. The summed E-state index contributed by atoms with van der Waals surface area (Å²) in [5.41, 5.74) is 1.91. The Kier molecular flexibility index (Phi) is 5.51. The van der Waals surface area contributed by atoms with E-state index >= 15 is 0 Å². The van der Waals surface area contributed by atoms with E-state index in [1.165, 1.54) is 5.56 Å². The Morgan fingerprint density at radius 3 is 2.68 bits per heavy atom. The molecule has 25 heavy (non-hydrogen) atoms. The zero-order chi connectivity index (χ0) is 17.8. The lowest BCUT2D eigenvalue weighted by molar-refractivity contribution is 0.508. The SMILES string of the molecule is CCn1c([C@@H](C)NCCc2ccccc2)nc2cc(Cl)ccc2c1=O. The van der Waals surface area contributed by atoms with Gasteiger partial charge in [-0.15, -0.1) is 0 Å². The van der Waals surface area contributed by atoms with Crippen LogP contribution in [0.4, 0.5) is 0 Å². The van der Waals surface area contributed by atoms with Gasteiger partial charge in [-0.1, -0.05) is 41.9 Å². The molecule has 0 amide bonds. The molecule has 0 spiro atoms. The first-order valence-electron chi connectivity index (χ1n) is 8.57. The summed E-state index contributed by atoms with van der Waals surface area (Å²) in [6.07, 6.45) is 0.931. The lowest BCUT2D eigenvalue weighted by Gasteiger charge is -2.19. The molecule has 0 bridgehead atoms. The van der Waals surface area contributed by atoms with Gasteiger partial charge < -0.3 is 5.32 Å². The Balaban J connectivity index is 1.84. The molecule has 1 atom stereocenters. The number of fused-ring (bicyclic) bond motifs is 1. The first-order chi connectivity index (χ1) is 12.1. The van der Waals surface area contributed by atoms with Gasteiger partial charge in [0.05, 0.1) is 16.9 Å². The number of nitrogens with zero attached hydrogens (tertiary/aromatic N) is 2. The number of rotatable bonds is 6. The fourth-order valence-electron chi connectivity index (χ4n) is 3.02. The molecule has 0 saturated heterocycles. The lowest BCUT2D eigenvalue weighted by Crippen LogP contribution is -2.31. The zero-order valence-electron chi connectivity index (χ0n) is 14.5. The molecule has 0 unspecified atom stereocenters. The van der Waals surface area contributed by atoms with Gasteiger partial charge in [0.1, 0.15) is 5.82 Å². The van der Waals surface area contributed by atoms with E-state index in [-0.39, 0.29) is 11.6 Å². The second-order valence-electron chi connectivity index (χ2n) is 6.09. The van der Waals surface area contributed by atoms with Crippen molar-refractivity contribution in [1.29, 1.82) is 0 Å². The van der Waals surface area contributed by atoms with Crippen LogP contribution in [-0.2, 0) is 13.0 Å². The molecule has 0 aliphatic heterocycles. The van der Waals surface area contributed by atoms with Crippen LogP contribution in [-0.4, -0.2) is 16.1 Å². The first kappa shape index (κ1) is 17.6. The minimum atomic E-state index is -0.0280. The highest BCUT2D eigenvalue weighted by atomic mass is 35.5. The van der Waals surface area contributed by atoms with Crippen LogP contribution in [0.2, 0.25) is 5.02 Å². The Morgan fingerprint density at radius 2 is 1.96 bits per heavy atom. The third-order valence-corrected chi connectivity index (χ3v) is 4.59. The molecule has 2 aromatic carbocycles. The summed E-state index contributed by atoms with van der Waals surface area (Å²) in [4.78, 5) is 17.5. The fraction of sp³-hybridized carbons (Fsp3) is 0.300. The van der Waals surface area contributed by atoms with Crippen molar-refractivity contribution in [2.45, 2.75) is 32.9 Å². The lowest BCUT2D eigenvalue weighted by atomic mass is 10.1. The van der Waals surface area contributed by atoms with Crippen LogP contribution < -0.4 is 10.9 Å². The summed E-state index contributed by atoms with van der Waals surface area (Å²) in [6.45, 7) is 5.41. The van der Waals surface area contributed by atoms with Gasteiger partial charge in [-0.25, -0.2) is 4.98 Å². The van der Waals surface area contributed by atoms with Gasteiger partial charge in [-0.05, 0) is 50.6 Å². The highest BCUT2D eigenvalue weighted by Crippen LogP contribution is 2.18. The summed E-state index contributed by atoms with van der Waals surface area (Å²) in [6, 6.07) is 15.5. The minimum absolute atomic E-state index is 0.0177. The van der Waals surface area contributed by atoms with E-state index in [0.29, 0.717) is 22.5 Å². The van der Waals surface area contributed by atoms with Crippen molar-refractivity contribution in [1.82, 2.24) is 14.9 Å². The summed E-state index contributed by atoms with van der Waals surface area (Å²) in [5.74, 6) is 0.746. The van der Waals surface area contributed by atoms with Gasteiger partial charge in [0.15, 0.2) is 0 Å². The number of hydrogen-bond donors (Lipinski definition) is 1. The molecule has 3 rings (SSSR count). The Bertz CT molecular complexity index is 921. The standard InChI is InChI=1S/C20H22ClN3O/c1-3-24-19(14(2)22-12-11-15-7-5-4-6-8-15)23-18-13-16(21)9-10-17(18)20(24)25/h4-10,13-14,22H,3,11-12H2,1-2H3/t14-/m1/s1. The maximum Gasteiger partial charge on any atom is 0.261 e. The molecule has 1 aromatic heterocycles. The molecule has 0 aliphatic carbocycles. The van der Waals surface area contributed by atoms with Crippen LogP contribution in [0.5, 0.6) is 0 Å². The molecular formula is C20H22ClN3O. The van der Waals surface area contributed by atoms with E-state index in [9.17, 15) is 4.79 Å². The van der Waals surface area contributed by atoms with Crippen molar-refractivity contribution in [3.63, 3.8) is 0 Å². The first-order valence-corrected chi connectivity index (χ1v) is 8.95. The smallest absolute Gasteiger partial charge is 0.261 e. The Hall–Kier alpha value is -2.17. The van der Waals surface area contributed by atoms with Gasteiger partial charge in [-0.2, -0.15) is 0 Å². The van der Waals surface area contributed by atoms with E-state index in [1.54, 1.807) is 22.8 Å². The molecule has 0 fully saturated rings. The van der Waals surface area contributed by atoms with E-state index in [4.69, 9.17) is 16.6 Å². The molecular weight excluding hydrogens is 334 g/mol. The van der Waals surface area contributed by atoms with Gasteiger partial charge >= 0.3 is 0 Å². The van der Waals surface area contributed by atoms with Gasteiger partial charge in [-0.3, -0.25) is 9.36 Å². The number of halogens is 1. The van der Waals surface area contributed by atoms with Crippen LogP contribution in [0.15, 0.2) is 53.3 Å². The van der Waals surface area contributed by atoms with Crippen LogP contribution in [0, 0.1) is 0 Å². The number of nitrogens with one attached hydrogen (secondary N) is 1. The molecule has 1 N–H and O–H groups in total. The second kappa shape index (κ2) is 7.81. The minimum Gasteiger partial charge on any atom is -0.307 e. The maximum absolute atomic E-state index is 12.7. The largest absolute Gasteiger partial charge is 0.307 e. The van der Waals surface area contributed by atoms with Crippen LogP contribution in [0.25, 0.3) is 10.9 Å². The second-order valence-corrected chi connectivity index (χ2v) is 6.53. The van der Waals surface area contributed by atoms with Gasteiger partial charge in [0.2, 0.25) is 0 Å². The van der Waals surface area contributed by atoms with Crippen molar-refractivity contribution >= 4 is 22.5 Å². The molecule has 4 nitrogen and oxygen atoms in total. The van der Waals surface area contributed by atoms with E-state index in [0.717, 1.165) is 18.8 Å². The highest BCUT2D eigenvalue weighted by Gasteiger charge is 2.15. The maximum atomic E-state index is 12.7. The summed E-state index contributed by atoms with van der Waals surface area (Å²) in [7, 11) is 0. The van der Waals surface area contributed by atoms with Gasteiger partial charge in [0, 0.05) is 11.6 Å². The summed E-state index contributed by atoms with van der Waals surface area (Å²) >= 11 is 6.06. The summed E-state index contributed by atoms with van der Waals surface area (Å²) < 4.78 is 1.73. The predicted molar refractivity (Wildman–Crippen MR) is 103 cm³/mol. The van der Waals surface area contributed by atoms with E-state index < -0.39 is 0 Å². The average Bonchev–Trinajstić information content (AvgIpc) is 2.62. The van der Waals surface area contributed by atoms with Crippen molar-refractivity contribution in [2.24, 2.45) is 0 Å². The van der Waals surface area contributed by atoms with Crippen molar-refractivity contribution in [3.8, 4) is 0 Å². The highest BCUT2D eigenvalue weighted by molar-refractivity contribution is 6.31. The molecule has 0 aliphatic rings. The third kappa shape index (κ3) is 3.91. The van der Waals surface area contributed by atoms with Crippen LogP contribution >= 0.6 is 11.6 Å². The Morgan fingerprint density at radius 1 is 1.20 bits per heavy atom. The molecule has 3 aromatic rings. The summed E-state index contributed by atoms with van der Waals surface area (Å²) in [5, 5.41) is 4.66. The predicted octanol–water partition coefficient (Wildman–Crippen LogP) is 3.96. The molecule has 1 heterocycles. The van der Waals surface area contributed by atoms with Crippen LogP contribution in [0.3, 0.4) is 0 Å². The Labute approximate surface area is 152 Å². The van der Waals surface area contributed by atoms with Crippen molar-refractivity contribution in [2.75, 3.05) is 6.54 Å². The van der Waals surface area contributed by atoms with Crippen LogP contribution in [0.1, 0.15) is 31.3 Å². The molecule has 5 heteroatoms. The molecule has 130 valence electrons.